The topological polar surface area (TPSA) is 122 Å². The van der Waals surface area contributed by atoms with Gasteiger partial charge in [-0.2, -0.15) is 13.2 Å². The Labute approximate surface area is 170 Å². The van der Waals surface area contributed by atoms with Gasteiger partial charge in [0.15, 0.2) is 5.82 Å². The minimum Gasteiger partial charge on any atom is -0.475 e. The number of halogens is 4. The number of sulfonamides is 1. The van der Waals surface area contributed by atoms with Crippen LogP contribution in [0, 0.1) is 5.82 Å². The molecule has 2 fully saturated rings. The minimum atomic E-state index is -5.08. The van der Waals surface area contributed by atoms with Crippen LogP contribution in [0.5, 0.6) is 0 Å². The van der Waals surface area contributed by atoms with E-state index in [0.717, 1.165) is 18.8 Å². The van der Waals surface area contributed by atoms with Crippen LogP contribution < -0.4 is 9.62 Å². The van der Waals surface area contributed by atoms with Crippen LogP contribution in [-0.4, -0.2) is 72.7 Å². The summed E-state index contributed by atoms with van der Waals surface area (Å²) in [5.41, 5.74) is -0.392. The van der Waals surface area contributed by atoms with Crippen LogP contribution in [0.3, 0.4) is 0 Å². The van der Waals surface area contributed by atoms with E-state index in [1.807, 2.05) is 4.90 Å². The smallest absolute Gasteiger partial charge is 0.475 e. The first-order chi connectivity index (χ1) is 13.9. The molecular weight excluding hydrogens is 436 g/mol. The number of hydrogen-bond donors (Lipinski definition) is 2. The van der Waals surface area contributed by atoms with E-state index in [9.17, 15) is 26.0 Å². The molecule has 0 saturated carbocycles. The molecule has 30 heavy (non-hydrogen) atoms. The molecule has 2 aliphatic heterocycles. The number of hydrogen-bond acceptors (Lipinski definition) is 7. The van der Waals surface area contributed by atoms with Gasteiger partial charge >= 0.3 is 12.1 Å². The first kappa shape index (κ1) is 24.2. The van der Waals surface area contributed by atoms with Gasteiger partial charge in [-0.1, -0.05) is 0 Å². The average molecular weight is 458 g/mol. The van der Waals surface area contributed by atoms with Crippen LogP contribution in [0.25, 0.3) is 0 Å². The molecule has 170 valence electrons. The van der Waals surface area contributed by atoms with E-state index in [4.69, 9.17) is 14.6 Å². The Kier molecular flexibility index (Phi) is 7.58. The van der Waals surface area contributed by atoms with Gasteiger partial charge in [0.1, 0.15) is 0 Å². The number of aliphatic carboxylic acids is 1. The zero-order valence-corrected chi connectivity index (χ0v) is 16.8. The zero-order valence-electron chi connectivity index (χ0n) is 16.0. The molecule has 2 N–H and O–H groups in total. The van der Waals surface area contributed by atoms with E-state index >= 15 is 0 Å². The van der Waals surface area contributed by atoms with Gasteiger partial charge in [0.25, 0.3) is 0 Å². The zero-order chi connectivity index (χ0) is 22.6. The van der Waals surface area contributed by atoms with Crippen LogP contribution in [0.4, 0.5) is 23.5 Å². The maximum atomic E-state index is 12.9. The Balaban J connectivity index is 0.000000396. The van der Waals surface area contributed by atoms with Crippen molar-refractivity contribution in [3.63, 3.8) is 0 Å². The third-order valence-corrected chi connectivity index (χ3v) is 6.12. The molecule has 0 bridgehead atoms. The first-order valence-electron chi connectivity index (χ1n) is 9.02. The number of aromatic nitrogens is 2. The Morgan fingerprint density at radius 1 is 1.40 bits per heavy atom. The lowest BCUT2D eigenvalue weighted by molar-refractivity contribution is -0.192. The standard InChI is InChI=1S/C14H21FN4O3S.C2HF3O2/c1-2-23(20,21)18-12-3-6-22-14(7-12)4-5-19(10-14)13-16-8-11(15)9-17-13;3-2(4,5)1(6)7/h8-9,12,18H,2-7,10H2,1H3;(H,6,7)/t12-,14+;/m0./s1. The molecule has 9 nitrogen and oxygen atoms in total. The Morgan fingerprint density at radius 3 is 2.53 bits per heavy atom. The maximum Gasteiger partial charge on any atom is 0.490 e. The molecule has 2 saturated heterocycles. The molecule has 1 aromatic heterocycles. The SMILES string of the molecule is CCS(=O)(=O)N[C@H]1CCO[C@]2(CCN(c3ncc(F)cn3)C2)C1.O=C(O)C(F)(F)F. The normalized spacial score (nSPS) is 24.4. The molecule has 0 radical (unpaired) electrons. The van der Waals surface area contributed by atoms with Gasteiger partial charge < -0.3 is 14.7 Å². The molecule has 0 unspecified atom stereocenters. The molecule has 1 spiro atoms. The van der Waals surface area contributed by atoms with Crippen molar-refractivity contribution in [2.24, 2.45) is 0 Å². The number of anilines is 1. The van der Waals surface area contributed by atoms with Gasteiger partial charge in [0.2, 0.25) is 16.0 Å². The largest absolute Gasteiger partial charge is 0.490 e. The molecule has 0 aliphatic carbocycles. The number of alkyl halides is 3. The summed E-state index contributed by atoms with van der Waals surface area (Å²) in [7, 11) is -3.22. The lowest BCUT2D eigenvalue weighted by Gasteiger charge is -2.38. The number of ether oxygens (including phenoxy) is 1. The number of carboxylic acids is 1. The molecule has 14 heteroatoms. The summed E-state index contributed by atoms with van der Waals surface area (Å²) in [6.45, 7) is 3.44. The highest BCUT2D eigenvalue weighted by molar-refractivity contribution is 7.89. The second-order valence-electron chi connectivity index (χ2n) is 6.92. The number of carbonyl (C=O) groups is 1. The van der Waals surface area contributed by atoms with Crippen LogP contribution in [0.2, 0.25) is 0 Å². The van der Waals surface area contributed by atoms with Crippen molar-refractivity contribution in [1.29, 1.82) is 0 Å². The van der Waals surface area contributed by atoms with Gasteiger partial charge in [0, 0.05) is 25.7 Å². The molecule has 0 aromatic carbocycles. The van der Waals surface area contributed by atoms with E-state index in [2.05, 4.69) is 14.7 Å². The van der Waals surface area contributed by atoms with Gasteiger partial charge in [-0.05, 0) is 26.2 Å². The van der Waals surface area contributed by atoms with Crippen LogP contribution in [0.15, 0.2) is 12.4 Å². The van der Waals surface area contributed by atoms with Gasteiger partial charge in [-0.3, -0.25) is 0 Å². The number of rotatable bonds is 4. The van der Waals surface area contributed by atoms with Crippen LogP contribution >= 0.6 is 0 Å². The predicted octanol–water partition coefficient (Wildman–Crippen LogP) is 1.32. The van der Waals surface area contributed by atoms with Crippen molar-refractivity contribution in [1.82, 2.24) is 14.7 Å². The summed E-state index contributed by atoms with van der Waals surface area (Å²) in [6.07, 6.45) is -0.712. The number of nitrogens with zero attached hydrogens (tertiary/aromatic N) is 3. The Morgan fingerprint density at radius 2 is 2.00 bits per heavy atom. The fraction of sp³-hybridized carbons (Fsp3) is 0.688. The van der Waals surface area contributed by atoms with Crippen molar-refractivity contribution >= 4 is 21.9 Å². The highest BCUT2D eigenvalue weighted by Crippen LogP contribution is 2.35. The molecule has 1 aromatic rings. The van der Waals surface area contributed by atoms with Crippen molar-refractivity contribution in [3.8, 4) is 0 Å². The molecular formula is C16H22F4N4O5S. The summed E-state index contributed by atoms with van der Waals surface area (Å²) in [5, 5.41) is 7.12. The Bertz CT molecular complexity index is 837. The summed E-state index contributed by atoms with van der Waals surface area (Å²) in [4.78, 5) is 18.9. The van der Waals surface area contributed by atoms with E-state index in [1.54, 1.807) is 6.92 Å². The van der Waals surface area contributed by atoms with E-state index < -0.39 is 33.6 Å². The first-order valence-corrected chi connectivity index (χ1v) is 10.7. The Hall–Kier alpha value is -2.06. The van der Waals surface area contributed by atoms with Crippen molar-refractivity contribution in [2.75, 3.05) is 30.3 Å². The van der Waals surface area contributed by atoms with Gasteiger partial charge in [-0.15, -0.1) is 0 Å². The number of carboxylic acid groups (broad SMARTS) is 1. The lowest BCUT2D eigenvalue weighted by atomic mass is 9.90. The minimum absolute atomic E-state index is 0.0763. The fourth-order valence-corrected chi connectivity index (χ4v) is 4.11. The summed E-state index contributed by atoms with van der Waals surface area (Å²) in [5.74, 6) is -2.67. The van der Waals surface area contributed by atoms with Crippen molar-refractivity contribution < 1.29 is 40.6 Å². The molecule has 3 rings (SSSR count). The molecule has 2 aliphatic rings. The highest BCUT2D eigenvalue weighted by atomic mass is 32.2. The van der Waals surface area contributed by atoms with E-state index in [-0.39, 0.29) is 11.8 Å². The third-order valence-electron chi connectivity index (χ3n) is 4.67. The van der Waals surface area contributed by atoms with Crippen LogP contribution in [-0.2, 0) is 19.6 Å². The summed E-state index contributed by atoms with van der Waals surface area (Å²) in [6, 6.07) is -0.109. The summed E-state index contributed by atoms with van der Waals surface area (Å²) < 4.78 is 76.9. The molecule has 3 heterocycles. The number of nitrogens with one attached hydrogen (secondary N) is 1. The summed E-state index contributed by atoms with van der Waals surface area (Å²) >= 11 is 0. The second kappa shape index (κ2) is 9.39. The van der Waals surface area contributed by atoms with Crippen molar-refractivity contribution in [2.45, 2.75) is 44.0 Å². The van der Waals surface area contributed by atoms with Crippen LogP contribution in [0.1, 0.15) is 26.2 Å². The van der Waals surface area contributed by atoms with E-state index in [1.165, 1.54) is 0 Å². The van der Waals surface area contributed by atoms with Crippen molar-refractivity contribution in [3.05, 3.63) is 18.2 Å². The fourth-order valence-electron chi connectivity index (χ4n) is 3.23. The lowest BCUT2D eigenvalue weighted by Crippen LogP contribution is -2.50. The van der Waals surface area contributed by atoms with Gasteiger partial charge in [0.05, 0.1) is 23.7 Å². The second-order valence-corrected chi connectivity index (χ2v) is 8.96. The monoisotopic (exact) mass is 458 g/mol. The third kappa shape index (κ3) is 6.74. The van der Waals surface area contributed by atoms with Gasteiger partial charge in [-0.25, -0.2) is 32.3 Å². The molecule has 0 amide bonds. The maximum absolute atomic E-state index is 12.9. The molecule has 2 atom stereocenters. The predicted molar refractivity (Wildman–Crippen MR) is 96.8 cm³/mol. The quantitative estimate of drug-likeness (QED) is 0.648. The highest BCUT2D eigenvalue weighted by Gasteiger charge is 2.44. The average Bonchev–Trinajstić information content (AvgIpc) is 3.05. The van der Waals surface area contributed by atoms with E-state index in [0.29, 0.717) is 38.5 Å².